The number of alkyl halides is 2. The molecule has 138 valence electrons. The van der Waals surface area contributed by atoms with Crippen molar-refractivity contribution in [1.82, 2.24) is 9.80 Å². The zero-order valence-corrected chi connectivity index (χ0v) is 14.4. The maximum absolute atomic E-state index is 14.5. The second kappa shape index (κ2) is 8.07. The third-order valence-electron chi connectivity index (χ3n) is 3.80. The van der Waals surface area contributed by atoms with Gasteiger partial charge in [0.15, 0.2) is 0 Å². The number of carboxylic acids is 1. The molecular weight excluding hydrogens is 358 g/mol. The van der Waals surface area contributed by atoms with Crippen LogP contribution in [0.25, 0.3) is 0 Å². The summed E-state index contributed by atoms with van der Waals surface area (Å²) in [5.41, 5.74) is -0.462. The number of amides is 1. The molecule has 1 aliphatic rings. The first-order chi connectivity index (χ1) is 11.7. The van der Waals surface area contributed by atoms with E-state index in [0.29, 0.717) is 0 Å². The maximum Gasteiger partial charge on any atom is 0.350 e. The van der Waals surface area contributed by atoms with Crippen LogP contribution in [0.5, 0.6) is 0 Å². The van der Waals surface area contributed by atoms with Gasteiger partial charge in [-0.3, -0.25) is 14.5 Å². The fourth-order valence-corrected chi connectivity index (χ4v) is 2.85. The Balaban J connectivity index is 2.04. The molecule has 1 N–H and O–H groups in total. The van der Waals surface area contributed by atoms with Gasteiger partial charge in [-0.15, -0.1) is 0 Å². The zero-order valence-electron chi connectivity index (χ0n) is 13.6. The van der Waals surface area contributed by atoms with Crippen molar-refractivity contribution in [1.29, 1.82) is 0 Å². The van der Waals surface area contributed by atoms with Crippen molar-refractivity contribution in [2.45, 2.75) is 12.0 Å². The molecule has 9 heteroatoms. The summed E-state index contributed by atoms with van der Waals surface area (Å²) in [6.07, 6.45) is -0.530. The molecule has 0 radical (unpaired) electrons. The number of benzene rings is 1. The van der Waals surface area contributed by atoms with Gasteiger partial charge >= 0.3 is 11.9 Å². The van der Waals surface area contributed by atoms with E-state index in [1.54, 1.807) is 7.05 Å². The molecule has 1 fully saturated rings. The number of likely N-dealkylation sites (N-methyl/N-ethyl adjacent to an activating group) is 1. The topological polar surface area (TPSA) is 70.1 Å². The van der Waals surface area contributed by atoms with E-state index in [0.717, 1.165) is 17.0 Å². The molecular formula is C16H19ClF2N2O4. The Morgan fingerprint density at radius 1 is 1.48 bits per heavy atom. The van der Waals surface area contributed by atoms with Crippen molar-refractivity contribution in [2.75, 3.05) is 39.8 Å². The first-order valence-electron chi connectivity index (χ1n) is 7.65. The van der Waals surface area contributed by atoms with Gasteiger partial charge in [0.1, 0.15) is 0 Å². The Kier molecular flexibility index (Phi) is 6.31. The smallest absolute Gasteiger partial charge is 0.350 e. The van der Waals surface area contributed by atoms with Crippen molar-refractivity contribution in [3.05, 3.63) is 34.9 Å². The Hall–Kier alpha value is -1.77. The number of nitrogens with zero attached hydrogens (tertiary/aromatic N) is 2. The Labute approximate surface area is 148 Å². The van der Waals surface area contributed by atoms with Crippen LogP contribution in [-0.4, -0.2) is 72.7 Å². The van der Waals surface area contributed by atoms with Gasteiger partial charge in [-0.05, 0) is 19.2 Å². The van der Waals surface area contributed by atoms with Gasteiger partial charge in [-0.2, -0.15) is 8.78 Å². The van der Waals surface area contributed by atoms with Crippen LogP contribution in [0.4, 0.5) is 8.78 Å². The molecule has 0 aliphatic carbocycles. The number of aliphatic carboxylic acids is 1. The molecule has 1 unspecified atom stereocenters. The van der Waals surface area contributed by atoms with Gasteiger partial charge in [-0.1, -0.05) is 23.7 Å². The van der Waals surface area contributed by atoms with Gasteiger partial charge in [0, 0.05) is 30.2 Å². The molecule has 1 aliphatic heterocycles. The van der Waals surface area contributed by atoms with E-state index in [4.69, 9.17) is 21.4 Å². The molecule has 1 heterocycles. The average Bonchev–Trinajstić information content (AvgIpc) is 2.53. The number of hydrogen-bond acceptors (Lipinski definition) is 4. The molecule has 0 bridgehead atoms. The van der Waals surface area contributed by atoms with Crippen LogP contribution in [0, 0.1) is 0 Å². The lowest BCUT2D eigenvalue weighted by atomic mass is 10.1. The number of carbonyl (C=O) groups excluding carboxylic acids is 1. The van der Waals surface area contributed by atoms with Crippen LogP contribution >= 0.6 is 11.6 Å². The fourth-order valence-electron chi connectivity index (χ4n) is 2.66. The number of ether oxygens (including phenoxy) is 1. The normalized spacial score (nSPS) is 18.4. The Morgan fingerprint density at radius 2 is 2.20 bits per heavy atom. The largest absolute Gasteiger partial charge is 0.480 e. The summed E-state index contributed by atoms with van der Waals surface area (Å²) in [7, 11) is 1.58. The molecule has 1 aromatic rings. The standard InChI is InChI=1S/C16H19ClF2N2O4/c1-20(10-14(22)23)8-13-9-21(5-6-25-13)15(24)16(18,19)11-3-2-4-12(17)7-11/h2-4,7,13H,5-6,8-10H2,1H3,(H,22,23). The Bertz CT molecular complexity index is 644. The lowest BCUT2D eigenvalue weighted by molar-refractivity contribution is -0.166. The lowest BCUT2D eigenvalue weighted by Crippen LogP contribution is -2.53. The molecule has 0 aromatic heterocycles. The van der Waals surface area contributed by atoms with Gasteiger partial charge < -0.3 is 14.7 Å². The maximum atomic E-state index is 14.5. The molecule has 0 spiro atoms. The summed E-state index contributed by atoms with van der Waals surface area (Å²) in [6.45, 7) is 0.154. The van der Waals surface area contributed by atoms with Crippen LogP contribution in [0.3, 0.4) is 0 Å². The van der Waals surface area contributed by atoms with E-state index in [1.165, 1.54) is 17.0 Å². The molecule has 1 atom stereocenters. The fraction of sp³-hybridized carbons (Fsp3) is 0.500. The first-order valence-corrected chi connectivity index (χ1v) is 8.03. The molecule has 1 amide bonds. The molecule has 1 aromatic carbocycles. The van der Waals surface area contributed by atoms with E-state index >= 15 is 0 Å². The summed E-state index contributed by atoms with van der Waals surface area (Å²) in [6, 6.07) is 5.04. The van der Waals surface area contributed by atoms with E-state index in [9.17, 15) is 18.4 Å². The third-order valence-corrected chi connectivity index (χ3v) is 4.04. The van der Waals surface area contributed by atoms with Crippen molar-refractivity contribution < 1.29 is 28.2 Å². The van der Waals surface area contributed by atoms with Crippen LogP contribution in [0.1, 0.15) is 5.56 Å². The van der Waals surface area contributed by atoms with Gasteiger partial charge in [0.25, 0.3) is 5.91 Å². The van der Waals surface area contributed by atoms with Crippen LogP contribution < -0.4 is 0 Å². The summed E-state index contributed by atoms with van der Waals surface area (Å²) >= 11 is 5.73. The first kappa shape index (κ1) is 19.6. The SMILES string of the molecule is CN(CC(=O)O)CC1CN(C(=O)C(F)(F)c2cccc(Cl)c2)CCO1. The van der Waals surface area contributed by atoms with E-state index in [2.05, 4.69) is 0 Å². The van der Waals surface area contributed by atoms with Crippen molar-refractivity contribution in [2.24, 2.45) is 0 Å². The molecule has 0 saturated carbocycles. The minimum Gasteiger partial charge on any atom is -0.480 e. The molecule has 25 heavy (non-hydrogen) atoms. The monoisotopic (exact) mass is 376 g/mol. The van der Waals surface area contributed by atoms with Gasteiger partial charge in [0.2, 0.25) is 0 Å². The predicted molar refractivity (Wildman–Crippen MR) is 86.8 cm³/mol. The van der Waals surface area contributed by atoms with E-state index < -0.39 is 29.5 Å². The molecule has 2 rings (SSSR count). The summed E-state index contributed by atoms with van der Waals surface area (Å²) in [5.74, 6) is -6.01. The quantitative estimate of drug-likeness (QED) is 0.818. The molecule has 1 saturated heterocycles. The second-order valence-corrected chi connectivity index (χ2v) is 6.36. The lowest BCUT2D eigenvalue weighted by Gasteiger charge is -2.36. The molecule has 6 nitrogen and oxygen atoms in total. The van der Waals surface area contributed by atoms with Crippen LogP contribution in [0.2, 0.25) is 5.02 Å². The minimum atomic E-state index is -3.69. The number of carboxylic acid groups (broad SMARTS) is 1. The van der Waals surface area contributed by atoms with E-state index in [-0.39, 0.29) is 37.8 Å². The third kappa shape index (κ3) is 5.10. The van der Waals surface area contributed by atoms with Crippen molar-refractivity contribution >= 4 is 23.5 Å². The van der Waals surface area contributed by atoms with Crippen molar-refractivity contribution in [3.63, 3.8) is 0 Å². The van der Waals surface area contributed by atoms with E-state index in [1.807, 2.05) is 0 Å². The van der Waals surface area contributed by atoms with Crippen molar-refractivity contribution in [3.8, 4) is 0 Å². The predicted octanol–water partition coefficient (Wildman–Crippen LogP) is 1.68. The number of rotatable bonds is 6. The highest BCUT2D eigenvalue weighted by Gasteiger charge is 2.45. The van der Waals surface area contributed by atoms with Gasteiger partial charge in [-0.25, -0.2) is 0 Å². The second-order valence-electron chi connectivity index (χ2n) is 5.92. The summed E-state index contributed by atoms with van der Waals surface area (Å²) in [4.78, 5) is 25.5. The summed E-state index contributed by atoms with van der Waals surface area (Å²) < 4.78 is 34.4. The highest BCUT2D eigenvalue weighted by atomic mass is 35.5. The zero-order chi connectivity index (χ0) is 18.6. The number of hydrogen-bond donors (Lipinski definition) is 1. The van der Waals surface area contributed by atoms with Gasteiger partial charge in [0.05, 0.1) is 19.3 Å². The highest BCUT2D eigenvalue weighted by Crippen LogP contribution is 2.32. The highest BCUT2D eigenvalue weighted by molar-refractivity contribution is 6.30. The Morgan fingerprint density at radius 3 is 2.84 bits per heavy atom. The summed E-state index contributed by atoms with van der Waals surface area (Å²) in [5, 5.41) is 8.88. The number of halogens is 3. The van der Waals surface area contributed by atoms with Crippen LogP contribution in [0.15, 0.2) is 24.3 Å². The van der Waals surface area contributed by atoms with Crippen LogP contribution in [-0.2, 0) is 20.2 Å². The minimum absolute atomic E-state index is 0.0288. The number of morpholine rings is 1. The average molecular weight is 377 g/mol. The number of carbonyl (C=O) groups is 2.